The van der Waals surface area contributed by atoms with E-state index < -0.39 is 29.7 Å². The van der Waals surface area contributed by atoms with E-state index in [2.05, 4.69) is 27.0 Å². The van der Waals surface area contributed by atoms with Crippen LogP contribution in [0.5, 0.6) is 0 Å². The third kappa shape index (κ3) is 7.73. The highest BCUT2D eigenvalue weighted by Crippen LogP contribution is 2.43. The summed E-state index contributed by atoms with van der Waals surface area (Å²) in [6, 6.07) is 14.7. The summed E-state index contributed by atoms with van der Waals surface area (Å²) in [6.45, 7) is 3.01. The number of hydrogen-bond donors (Lipinski definition) is 3. The summed E-state index contributed by atoms with van der Waals surface area (Å²) in [5, 5.41) is 18.6. The highest BCUT2D eigenvalue weighted by molar-refractivity contribution is 6.28. The van der Waals surface area contributed by atoms with Crippen molar-refractivity contribution in [3.63, 3.8) is 0 Å². The fraction of sp³-hybridized carbons (Fsp3) is 0.368. The molecule has 0 bridgehead atoms. The molecule has 4 aromatic rings. The van der Waals surface area contributed by atoms with Gasteiger partial charge >= 0.3 is 0 Å². The summed E-state index contributed by atoms with van der Waals surface area (Å²) in [7, 11) is 1.55. The number of amides is 1. The number of nitrogens with zero attached hydrogens (tertiary/aromatic N) is 3. The molecule has 266 valence electrons. The van der Waals surface area contributed by atoms with Crippen molar-refractivity contribution in [2.24, 2.45) is 0 Å². The summed E-state index contributed by atoms with van der Waals surface area (Å²) in [5.74, 6) is -0.484. The van der Waals surface area contributed by atoms with Gasteiger partial charge in [0, 0.05) is 45.6 Å². The molecule has 6 rings (SSSR count). The first-order chi connectivity index (χ1) is 24.8. The molecule has 1 aliphatic heterocycles. The molecule has 1 saturated heterocycles. The lowest BCUT2D eigenvalue weighted by Crippen LogP contribution is -2.52. The second-order valence-electron chi connectivity index (χ2n) is 12.6. The van der Waals surface area contributed by atoms with Crippen molar-refractivity contribution in [3.05, 3.63) is 112 Å². The van der Waals surface area contributed by atoms with Crippen LogP contribution in [0.15, 0.2) is 71.3 Å². The number of halogens is 3. The smallest absolute Gasteiger partial charge is 0.271 e. The number of nitrogens with one attached hydrogen (secondary N) is 3. The Bertz CT molecular complexity index is 1990. The molecule has 2 aliphatic rings. The molecule has 1 aliphatic carbocycles. The topological polar surface area (TPSA) is 134 Å². The van der Waals surface area contributed by atoms with Crippen LogP contribution < -0.4 is 16.0 Å². The van der Waals surface area contributed by atoms with Crippen LogP contribution in [0.3, 0.4) is 0 Å². The average Bonchev–Trinajstić information content (AvgIpc) is 3.58. The molecule has 1 fully saturated rings. The summed E-state index contributed by atoms with van der Waals surface area (Å²) >= 11 is 7.40. The highest BCUT2D eigenvalue weighted by atomic mass is 35.5. The zero-order chi connectivity index (χ0) is 36.0. The maximum absolute atomic E-state index is 14.4. The molecule has 10 nitrogen and oxygen atoms in total. The molecule has 0 spiro atoms. The van der Waals surface area contributed by atoms with E-state index in [1.54, 1.807) is 43.7 Å². The van der Waals surface area contributed by atoms with Gasteiger partial charge in [-0.25, -0.2) is 13.8 Å². The second-order valence-corrected chi connectivity index (χ2v) is 13.0. The first-order valence-electron chi connectivity index (χ1n) is 16.7. The molecule has 51 heavy (non-hydrogen) atoms. The molecular weight excluding hydrogens is 678 g/mol. The van der Waals surface area contributed by atoms with Crippen LogP contribution in [-0.4, -0.2) is 67.0 Å². The highest BCUT2D eigenvalue weighted by Gasteiger charge is 2.47. The number of allylic oxidation sites excluding steroid dienone is 2. The molecule has 3 heterocycles. The maximum atomic E-state index is 14.4. The molecule has 2 aromatic heterocycles. The third-order valence-corrected chi connectivity index (χ3v) is 9.74. The number of alkyl halides is 3. The number of fused-ring (bicyclic) bond motifs is 1. The van der Waals surface area contributed by atoms with E-state index >= 15 is 0 Å². The van der Waals surface area contributed by atoms with Gasteiger partial charge in [-0.2, -0.15) is 5.26 Å². The summed E-state index contributed by atoms with van der Waals surface area (Å²) in [6.07, 6.45) is 6.37. The Morgan fingerprint density at radius 1 is 1.22 bits per heavy atom. The number of aryl methyl sites for hydroxylation is 1. The lowest BCUT2D eigenvalue weighted by molar-refractivity contribution is 0.0135. The van der Waals surface area contributed by atoms with Crippen molar-refractivity contribution in [1.29, 1.82) is 5.26 Å². The Morgan fingerprint density at radius 3 is 2.82 bits per heavy atom. The monoisotopic (exact) mass is 716 g/mol. The van der Waals surface area contributed by atoms with Crippen LogP contribution in [0.4, 0.5) is 8.78 Å². The van der Waals surface area contributed by atoms with E-state index in [1.807, 2.05) is 37.3 Å². The standard InChI is InChI=1S/C38H39ClF2N6O4/c1-23-6-3-4-7-28(23)29-8-5-10-38(35(29)39,47-36(48)33-16-26(21-49-2)27(20-45-33)19-43-12-11-40)37-46-32-15-24(14-25(17-42)34(32)51-37)18-44-31-9-13-50-22-30(31)41/h3-8,10,14-16,20,30-31,35,43-44H,9,11-13,18-19,21-22H2,1-2H3,(H,47,48)/t30-,31+,35?,38?/m0/s1. The van der Waals surface area contributed by atoms with Crippen LogP contribution in [0, 0.1) is 18.3 Å². The number of carbonyl (C=O) groups is 1. The van der Waals surface area contributed by atoms with Crippen LogP contribution >= 0.6 is 11.6 Å². The minimum absolute atomic E-state index is 0.0394. The summed E-state index contributed by atoms with van der Waals surface area (Å²) in [4.78, 5) is 23.4. The van der Waals surface area contributed by atoms with E-state index in [9.17, 15) is 18.8 Å². The van der Waals surface area contributed by atoms with Gasteiger partial charge in [0.2, 0.25) is 5.89 Å². The second kappa shape index (κ2) is 16.2. The van der Waals surface area contributed by atoms with Crippen molar-refractivity contribution in [2.45, 2.75) is 56.2 Å². The van der Waals surface area contributed by atoms with E-state index in [0.717, 1.165) is 22.3 Å². The molecule has 13 heteroatoms. The van der Waals surface area contributed by atoms with Gasteiger partial charge in [0.1, 0.15) is 30.1 Å². The largest absolute Gasteiger partial charge is 0.436 e. The van der Waals surface area contributed by atoms with Crippen LogP contribution in [0.25, 0.3) is 16.7 Å². The van der Waals surface area contributed by atoms with E-state index in [-0.39, 0.29) is 48.5 Å². The van der Waals surface area contributed by atoms with Crippen molar-refractivity contribution in [3.8, 4) is 6.07 Å². The normalized spacial score (nSPS) is 21.7. The van der Waals surface area contributed by atoms with Gasteiger partial charge < -0.3 is 29.8 Å². The quantitative estimate of drug-likeness (QED) is 0.118. The Hall–Kier alpha value is -4.51. The van der Waals surface area contributed by atoms with Crippen LogP contribution in [0.2, 0.25) is 0 Å². The fourth-order valence-electron chi connectivity index (χ4n) is 6.45. The molecule has 4 atom stereocenters. The molecule has 0 saturated carbocycles. The van der Waals surface area contributed by atoms with E-state index in [1.165, 1.54) is 0 Å². The minimum atomic E-state index is -1.52. The average molecular weight is 717 g/mol. The first-order valence-corrected chi connectivity index (χ1v) is 17.2. The number of ether oxygens (including phenoxy) is 2. The molecule has 3 N–H and O–H groups in total. The number of nitriles is 1. The molecule has 2 unspecified atom stereocenters. The molecule has 1 amide bonds. The van der Waals surface area contributed by atoms with Gasteiger partial charge in [-0.15, -0.1) is 11.6 Å². The predicted octanol–water partition coefficient (Wildman–Crippen LogP) is 5.71. The minimum Gasteiger partial charge on any atom is -0.436 e. The fourth-order valence-corrected chi connectivity index (χ4v) is 6.87. The zero-order valence-electron chi connectivity index (χ0n) is 28.3. The third-order valence-electron chi connectivity index (χ3n) is 9.17. The SMILES string of the molecule is COCc1cc(C(=O)NC2(c3nc4cc(CN[C@@H]5CCOC[C@@H]5F)cc(C#N)c4o3)C=CC=C(c3ccccc3C)C2Cl)ncc1CNCCF. The summed E-state index contributed by atoms with van der Waals surface area (Å²) in [5.41, 5.74) is 4.20. The van der Waals surface area contributed by atoms with Crippen molar-refractivity contribution < 1.29 is 27.5 Å². The number of methoxy groups -OCH3 is 1. The maximum Gasteiger partial charge on any atom is 0.271 e. The number of benzene rings is 2. The van der Waals surface area contributed by atoms with E-state index in [4.69, 9.17) is 30.5 Å². The molecule has 2 aromatic carbocycles. The van der Waals surface area contributed by atoms with Crippen molar-refractivity contribution in [2.75, 3.05) is 33.5 Å². The predicted molar refractivity (Wildman–Crippen MR) is 189 cm³/mol. The number of pyridine rings is 1. The number of oxazole rings is 1. The molecule has 0 radical (unpaired) electrons. The lowest BCUT2D eigenvalue weighted by Gasteiger charge is -2.36. The summed E-state index contributed by atoms with van der Waals surface area (Å²) < 4.78 is 44.1. The van der Waals surface area contributed by atoms with Gasteiger partial charge in [-0.1, -0.05) is 36.4 Å². The Kier molecular flexibility index (Phi) is 11.5. The first kappa shape index (κ1) is 36.3. The Balaban J connectivity index is 1.39. The van der Waals surface area contributed by atoms with Gasteiger partial charge in [-0.05, 0) is 71.0 Å². The van der Waals surface area contributed by atoms with Crippen molar-refractivity contribution >= 4 is 34.2 Å². The zero-order valence-corrected chi connectivity index (χ0v) is 29.1. The molecular formula is C38H39ClF2N6O4. The van der Waals surface area contributed by atoms with Gasteiger partial charge in [0.25, 0.3) is 5.91 Å². The van der Waals surface area contributed by atoms with Gasteiger partial charge in [0.05, 0.1) is 24.2 Å². The Labute approximate surface area is 299 Å². The number of carbonyl (C=O) groups excluding carboxylic acids is 1. The lowest BCUT2D eigenvalue weighted by atomic mass is 9.81. The van der Waals surface area contributed by atoms with Crippen molar-refractivity contribution in [1.82, 2.24) is 25.9 Å². The Morgan fingerprint density at radius 2 is 2.06 bits per heavy atom. The van der Waals surface area contributed by atoms with Gasteiger partial charge in [-0.3, -0.25) is 9.78 Å². The number of rotatable bonds is 13. The number of hydrogen-bond acceptors (Lipinski definition) is 9. The van der Waals surface area contributed by atoms with E-state index in [0.29, 0.717) is 42.8 Å². The number of aromatic nitrogens is 2. The van der Waals surface area contributed by atoms with Crippen LogP contribution in [-0.2, 0) is 34.7 Å². The van der Waals surface area contributed by atoms with Crippen LogP contribution in [0.1, 0.15) is 56.2 Å². The van der Waals surface area contributed by atoms with Gasteiger partial charge in [0.15, 0.2) is 11.1 Å².